The number of carbonyl (C=O) groups is 1. The van der Waals surface area contributed by atoms with E-state index in [9.17, 15) is 4.79 Å². The molecule has 1 fully saturated rings. The number of aromatic nitrogens is 2. The molecule has 0 bridgehead atoms. The van der Waals surface area contributed by atoms with Crippen LogP contribution in [0.1, 0.15) is 32.1 Å². The Morgan fingerprint density at radius 1 is 1.15 bits per heavy atom. The van der Waals surface area contributed by atoms with Gasteiger partial charge in [-0.15, -0.1) is 10.2 Å². The van der Waals surface area contributed by atoms with Crippen LogP contribution in [-0.4, -0.2) is 43.5 Å². The molecule has 1 heterocycles. The minimum atomic E-state index is -0.412. The third-order valence-electron chi connectivity index (χ3n) is 4.71. The molecule has 3 rings (SSSR count). The second-order valence-corrected chi connectivity index (χ2v) is 7.39. The molecular weight excluding hydrogens is 366 g/mol. The van der Waals surface area contributed by atoms with Crippen LogP contribution in [0.5, 0.6) is 11.5 Å². The van der Waals surface area contributed by atoms with Gasteiger partial charge in [-0.25, -0.2) is 4.79 Å². The zero-order chi connectivity index (χ0) is 19.2. The number of hydrogen-bond donors (Lipinski definition) is 2. The van der Waals surface area contributed by atoms with Crippen LogP contribution in [0.4, 0.5) is 20.7 Å². The predicted molar refractivity (Wildman–Crippen MR) is 107 cm³/mol. The lowest BCUT2D eigenvalue weighted by Crippen LogP contribution is -2.33. The van der Waals surface area contributed by atoms with Crippen molar-refractivity contribution in [2.24, 2.45) is 0 Å². The van der Waals surface area contributed by atoms with Crippen molar-refractivity contribution in [3.63, 3.8) is 0 Å². The molecule has 1 aliphatic carbocycles. The average Bonchev–Trinajstić information content (AvgIpc) is 3.16. The summed E-state index contributed by atoms with van der Waals surface area (Å²) in [5, 5.41) is 15.1. The molecule has 0 unspecified atom stereocenters. The summed E-state index contributed by atoms with van der Waals surface area (Å²) < 4.78 is 10.5. The van der Waals surface area contributed by atoms with Crippen LogP contribution in [-0.2, 0) is 0 Å². The molecule has 2 amide bonds. The fourth-order valence-electron chi connectivity index (χ4n) is 3.20. The highest BCUT2D eigenvalue weighted by molar-refractivity contribution is 7.19. The number of nitrogens with zero attached hydrogens (tertiary/aromatic N) is 3. The first-order valence-corrected chi connectivity index (χ1v) is 9.78. The van der Waals surface area contributed by atoms with E-state index in [2.05, 4.69) is 25.7 Å². The number of hydrogen-bond acceptors (Lipinski definition) is 7. The average molecular weight is 391 g/mol. The summed E-state index contributed by atoms with van der Waals surface area (Å²) in [6, 6.07) is 5.27. The number of ether oxygens (including phenoxy) is 2. The lowest BCUT2D eigenvalue weighted by molar-refractivity contribution is 0.262. The minimum absolute atomic E-state index is 0.412. The van der Waals surface area contributed by atoms with Gasteiger partial charge < -0.3 is 19.7 Å². The fourth-order valence-corrected chi connectivity index (χ4v) is 3.97. The normalized spacial score (nSPS) is 14.5. The third-order valence-corrected chi connectivity index (χ3v) is 5.64. The van der Waals surface area contributed by atoms with Crippen molar-refractivity contribution in [2.75, 3.05) is 36.8 Å². The number of anilines is 3. The van der Waals surface area contributed by atoms with E-state index in [4.69, 9.17) is 9.47 Å². The summed E-state index contributed by atoms with van der Waals surface area (Å²) in [5.74, 6) is 1.17. The number of rotatable bonds is 6. The van der Waals surface area contributed by atoms with E-state index in [-0.39, 0.29) is 0 Å². The van der Waals surface area contributed by atoms with Gasteiger partial charge in [0.1, 0.15) is 11.5 Å². The van der Waals surface area contributed by atoms with Crippen molar-refractivity contribution < 1.29 is 14.3 Å². The molecule has 27 heavy (non-hydrogen) atoms. The van der Waals surface area contributed by atoms with E-state index in [1.807, 2.05) is 7.05 Å². The van der Waals surface area contributed by atoms with Crippen molar-refractivity contribution in [3.8, 4) is 11.5 Å². The minimum Gasteiger partial charge on any atom is -0.497 e. The van der Waals surface area contributed by atoms with Crippen molar-refractivity contribution in [2.45, 2.75) is 38.1 Å². The fraction of sp³-hybridized carbons (Fsp3) is 0.500. The molecular formula is C18H25N5O3S. The maximum atomic E-state index is 12.3. The van der Waals surface area contributed by atoms with Gasteiger partial charge in [-0.2, -0.15) is 0 Å². The van der Waals surface area contributed by atoms with E-state index in [1.165, 1.54) is 43.4 Å². The van der Waals surface area contributed by atoms with Gasteiger partial charge in [-0.1, -0.05) is 30.6 Å². The lowest BCUT2D eigenvalue weighted by Gasteiger charge is -2.30. The molecule has 0 spiro atoms. The monoisotopic (exact) mass is 391 g/mol. The number of carbonyl (C=O) groups excluding carboxylic acids is 1. The Balaban J connectivity index is 1.62. The molecule has 1 aromatic heterocycles. The van der Waals surface area contributed by atoms with Crippen LogP contribution in [0, 0.1) is 0 Å². The van der Waals surface area contributed by atoms with Gasteiger partial charge in [-0.3, -0.25) is 5.32 Å². The van der Waals surface area contributed by atoms with Crippen molar-refractivity contribution in [1.29, 1.82) is 0 Å². The Hall–Kier alpha value is -2.55. The molecule has 0 atom stereocenters. The highest BCUT2D eigenvalue weighted by atomic mass is 32.1. The highest BCUT2D eigenvalue weighted by Crippen LogP contribution is 2.31. The summed E-state index contributed by atoms with van der Waals surface area (Å²) in [6.45, 7) is 0. The Morgan fingerprint density at radius 2 is 1.93 bits per heavy atom. The van der Waals surface area contributed by atoms with E-state index in [0.717, 1.165) is 5.13 Å². The first-order valence-electron chi connectivity index (χ1n) is 8.97. The topological polar surface area (TPSA) is 88.6 Å². The number of methoxy groups -OCH3 is 2. The Morgan fingerprint density at radius 3 is 2.63 bits per heavy atom. The first-order chi connectivity index (χ1) is 13.1. The summed E-state index contributed by atoms with van der Waals surface area (Å²) >= 11 is 1.37. The maximum Gasteiger partial charge on any atom is 0.325 e. The number of benzene rings is 1. The van der Waals surface area contributed by atoms with E-state index < -0.39 is 6.03 Å². The molecule has 0 radical (unpaired) electrons. The van der Waals surface area contributed by atoms with Gasteiger partial charge in [0, 0.05) is 19.2 Å². The molecule has 2 N–H and O–H groups in total. The van der Waals surface area contributed by atoms with E-state index >= 15 is 0 Å². The second-order valence-electron chi connectivity index (χ2n) is 6.44. The van der Waals surface area contributed by atoms with Crippen LogP contribution in [0.2, 0.25) is 0 Å². The molecule has 8 nitrogen and oxygen atoms in total. The zero-order valence-corrected chi connectivity index (χ0v) is 16.6. The zero-order valence-electron chi connectivity index (χ0n) is 15.8. The van der Waals surface area contributed by atoms with Crippen LogP contribution in [0.3, 0.4) is 0 Å². The molecule has 1 saturated carbocycles. The second kappa shape index (κ2) is 8.90. The molecule has 0 aliphatic heterocycles. The summed E-state index contributed by atoms with van der Waals surface area (Å²) in [5.41, 5.74) is 0.512. The SMILES string of the molecule is COc1ccc(OC)c(NC(=O)Nc2nnc(N(C)C3CCCCC3)s2)c1. The lowest BCUT2D eigenvalue weighted by atomic mass is 9.95. The molecule has 1 aliphatic rings. The van der Waals surface area contributed by atoms with Gasteiger partial charge in [-0.05, 0) is 25.0 Å². The quantitative estimate of drug-likeness (QED) is 0.775. The third kappa shape index (κ3) is 4.79. The van der Waals surface area contributed by atoms with Crippen LogP contribution >= 0.6 is 11.3 Å². The molecule has 0 saturated heterocycles. The number of amides is 2. The molecule has 1 aromatic carbocycles. The van der Waals surface area contributed by atoms with Gasteiger partial charge in [0.15, 0.2) is 0 Å². The molecule has 9 heteroatoms. The summed E-state index contributed by atoms with van der Waals surface area (Å²) in [4.78, 5) is 14.5. The standard InChI is InChI=1S/C18H25N5O3S/c1-23(12-7-5-4-6-8-12)18-22-21-17(27-18)20-16(24)19-14-11-13(25-2)9-10-15(14)26-3/h9-12H,4-8H2,1-3H3,(H2,19,20,21,24). The van der Waals surface area contributed by atoms with Gasteiger partial charge >= 0.3 is 6.03 Å². The van der Waals surface area contributed by atoms with Gasteiger partial charge in [0.25, 0.3) is 0 Å². The summed E-state index contributed by atoms with van der Waals surface area (Å²) in [7, 11) is 5.15. The van der Waals surface area contributed by atoms with Crippen molar-refractivity contribution in [1.82, 2.24) is 10.2 Å². The Labute approximate surface area is 162 Å². The van der Waals surface area contributed by atoms with Gasteiger partial charge in [0.05, 0.1) is 19.9 Å². The van der Waals surface area contributed by atoms with Crippen LogP contribution < -0.4 is 25.0 Å². The van der Waals surface area contributed by atoms with Crippen LogP contribution in [0.25, 0.3) is 0 Å². The Kier molecular flexibility index (Phi) is 6.33. The van der Waals surface area contributed by atoms with E-state index in [0.29, 0.717) is 28.4 Å². The highest BCUT2D eigenvalue weighted by Gasteiger charge is 2.21. The predicted octanol–water partition coefficient (Wildman–Crippen LogP) is 3.97. The smallest absolute Gasteiger partial charge is 0.325 e. The molecule has 2 aromatic rings. The maximum absolute atomic E-state index is 12.3. The van der Waals surface area contributed by atoms with Crippen LogP contribution in [0.15, 0.2) is 18.2 Å². The summed E-state index contributed by atoms with van der Waals surface area (Å²) in [6.07, 6.45) is 6.17. The first kappa shape index (κ1) is 19.2. The number of nitrogens with one attached hydrogen (secondary N) is 2. The molecule has 146 valence electrons. The number of urea groups is 1. The Bertz CT molecular complexity index is 776. The van der Waals surface area contributed by atoms with E-state index in [1.54, 1.807) is 32.4 Å². The van der Waals surface area contributed by atoms with Crippen molar-refractivity contribution >= 4 is 33.3 Å². The largest absolute Gasteiger partial charge is 0.497 e. The van der Waals surface area contributed by atoms with Crippen molar-refractivity contribution in [3.05, 3.63) is 18.2 Å². The van der Waals surface area contributed by atoms with Gasteiger partial charge in [0.2, 0.25) is 10.3 Å².